The van der Waals surface area contributed by atoms with Crippen LogP contribution in [0.4, 0.5) is 5.69 Å². The molecule has 0 saturated heterocycles. The number of carbonyl (C=O) groups is 1. The van der Waals surface area contributed by atoms with E-state index >= 15 is 0 Å². The van der Waals surface area contributed by atoms with Crippen molar-refractivity contribution in [1.82, 2.24) is 24.6 Å². The summed E-state index contributed by atoms with van der Waals surface area (Å²) in [5, 5.41) is 8.01. The van der Waals surface area contributed by atoms with Crippen molar-refractivity contribution in [2.24, 2.45) is 0 Å². The Morgan fingerprint density at radius 3 is 2.89 bits per heavy atom. The van der Waals surface area contributed by atoms with Crippen molar-refractivity contribution in [1.29, 1.82) is 0 Å². The smallest absolute Gasteiger partial charge is 0.253 e. The zero-order chi connectivity index (χ0) is 19.7. The average molecular weight is 394 g/mol. The minimum atomic E-state index is -0.132. The fourth-order valence-electron chi connectivity index (χ4n) is 3.01. The fraction of sp³-hybridized carbons (Fsp3) is 0.211. The molecule has 0 aliphatic rings. The summed E-state index contributed by atoms with van der Waals surface area (Å²) in [5.41, 5.74) is 4.01. The molecule has 0 radical (unpaired) electrons. The Morgan fingerprint density at radius 2 is 2.14 bits per heavy atom. The predicted molar refractivity (Wildman–Crippen MR) is 106 cm³/mol. The second kappa shape index (κ2) is 7.43. The van der Waals surface area contributed by atoms with Crippen molar-refractivity contribution in [3.8, 4) is 11.3 Å². The van der Waals surface area contributed by atoms with E-state index in [-0.39, 0.29) is 12.3 Å². The van der Waals surface area contributed by atoms with E-state index in [0.717, 1.165) is 22.5 Å². The molecule has 3 aromatic heterocycles. The molecule has 28 heavy (non-hydrogen) atoms. The quantitative estimate of drug-likeness (QED) is 0.519. The molecule has 0 fully saturated rings. The third kappa shape index (κ3) is 3.48. The number of oxazole rings is 1. The van der Waals surface area contributed by atoms with Crippen LogP contribution in [0.3, 0.4) is 0 Å². The molecule has 0 aliphatic heterocycles. The largest absolute Gasteiger partial charge is 0.444 e. The van der Waals surface area contributed by atoms with Gasteiger partial charge in [0.1, 0.15) is 0 Å². The van der Waals surface area contributed by atoms with Gasteiger partial charge in [-0.3, -0.25) is 4.79 Å². The Balaban J connectivity index is 1.56. The second-order valence-electron chi connectivity index (χ2n) is 6.24. The summed E-state index contributed by atoms with van der Waals surface area (Å²) in [4.78, 5) is 25.4. The number of nitrogens with one attached hydrogen (secondary N) is 1. The van der Waals surface area contributed by atoms with Crippen LogP contribution in [0.25, 0.3) is 17.1 Å². The predicted octanol–water partition coefficient (Wildman–Crippen LogP) is 3.30. The van der Waals surface area contributed by atoms with Gasteiger partial charge < -0.3 is 9.73 Å². The lowest BCUT2D eigenvalue weighted by molar-refractivity contribution is -0.115. The zero-order valence-corrected chi connectivity index (χ0v) is 16.4. The first kappa shape index (κ1) is 18.2. The summed E-state index contributed by atoms with van der Waals surface area (Å²) in [6.45, 7) is 3.81. The van der Waals surface area contributed by atoms with Gasteiger partial charge in [0.2, 0.25) is 11.1 Å². The van der Waals surface area contributed by atoms with E-state index < -0.39 is 0 Å². The highest BCUT2D eigenvalue weighted by Crippen LogP contribution is 2.23. The maximum Gasteiger partial charge on any atom is 0.253 e. The normalized spacial score (nSPS) is 11.1. The third-order valence-electron chi connectivity index (χ3n) is 4.41. The average Bonchev–Trinajstić information content (AvgIpc) is 3.35. The van der Waals surface area contributed by atoms with Gasteiger partial charge in [-0.05, 0) is 32.2 Å². The number of hydrogen-bond donors (Lipinski definition) is 1. The lowest BCUT2D eigenvalue weighted by Crippen LogP contribution is -2.17. The summed E-state index contributed by atoms with van der Waals surface area (Å²) < 4.78 is 7.00. The molecule has 0 aliphatic carbocycles. The van der Waals surface area contributed by atoms with E-state index in [1.54, 1.807) is 10.7 Å². The first-order chi connectivity index (χ1) is 13.5. The van der Waals surface area contributed by atoms with Gasteiger partial charge in [-0.25, -0.2) is 14.5 Å². The molecule has 0 atom stereocenters. The van der Waals surface area contributed by atoms with Crippen LogP contribution in [0.1, 0.15) is 17.0 Å². The molecule has 4 aromatic rings. The number of amides is 1. The zero-order valence-electron chi connectivity index (χ0n) is 15.6. The number of carbonyl (C=O) groups excluding carboxylic acids is 1. The van der Waals surface area contributed by atoms with E-state index in [1.165, 1.54) is 18.2 Å². The summed E-state index contributed by atoms with van der Waals surface area (Å²) in [6.07, 6.45) is 5.12. The third-order valence-corrected chi connectivity index (χ3v) is 4.95. The Kier molecular flexibility index (Phi) is 4.82. The maximum atomic E-state index is 12.7. The number of aromatic nitrogens is 5. The minimum absolute atomic E-state index is 0.132. The molecule has 1 N–H and O–H groups in total. The number of thioether (sulfide) groups is 1. The molecule has 0 bridgehead atoms. The molecular weight excluding hydrogens is 376 g/mol. The maximum absolute atomic E-state index is 12.7. The van der Waals surface area contributed by atoms with Crippen LogP contribution in [-0.4, -0.2) is 36.7 Å². The SMILES string of the molecule is CSc1nc2nc(C)c(CC(=O)Nc3cccc(-c4cnco4)c3)c(C)n2n1. The topological polar surface area (TPSA) is 98.2 Å². The first-order valence-electron chi connectivity index (χ1n) is 8.61. The number of fused-ring (bicyclic) bond motifs is 1. The molecular formula is C19H18N6O2S. The Morgan fingerprint density at radius 1 is 1.29 bits per heavy atom. The summed E-state index contributed by atoms with van der Waals surface area (Å²) in [6, 6.07) is 7.44. The first-order valence-corrected chi connectivity index (χ1v) is 9.83. The Bertz CT molecular complexity index is 1150. The van der Waals surface area contributed by atoms with Crippen LogP contribution >= 0.6 is 11.8 Å². The number of aryl methyl sites for hydroxylation is 2. The molecule has 4 rings (SSSR count). The molecule has 1 aromatic carbocycles. The number of nitrogens with zero attached hydrogens (tertiary/aromatic N) is 5. The van der Waals surface area contributed by atoms with E-state index in [4.69, 9.17) is 4.42 Å². The number of anilines is 1. The highest BCUT2D eigenvalue weighted by Gasteiger charge is 2.16. The highest BCUT2D eigenvalue weighted by molar-refractivity contribution is 7.98. The minimum Gasteiger partial charge on any atom is -0.444 e. The van der Waals surface area contributed by atoms with Gasteiger partial charge in [0.25, 0.3) is 5.78 Å². The molecule has 1 amide bonds. The van der Waals surface area contributed by atoms with Gasteiger partial charge in [-0.1, -0.05) is 23.9 Å². The molecule has 142 valence electrons. The van der Waals surface area contributed by atoms with Crippen molar-refractivity contribution in [2.45, 2.75) is 25.4 Å². The van der Waals surface area contributed by atoms with Gasteiger partial charge in [0.05, 0.1) is 12.6 Å². The number of rotatable bonds is 5. The summed E-state index contributed by atoms with van der Waals surface area (Å²) >= 11 is 1.46. The fourth-order valence-corrected chi connectivity index (χ4v) is 3.34. The van der Waals surface area contributed by atoms with Gasteiger partial charge in [0.15, 0.2) is 12.2 Å². The van der Waals surface area contributed by atoms with E-state index in [2.05, 4.69) is 25.4 Å². The summed E-state index contributed by atoms with van der Waals surface area (Å²) in [5.74, 6) is 1.06. The lowest BCUT2D eigenvalue weighted by Gasteiger charge is -2.11. The van der Waals surface area contributed by atoms with Crippen molar-refractivity contribution in [2.75, 3.05) is 11.6 Å². The van der Waals surface area contributed by atoms with Crippen molar-refractivity contribution >= 4 is 29.1 Å². The van der Waals surface area contributed by atoms with Crippen LogP contribution in [0.15, 0.2) is 46.4 Å². The molecule has 8 nitrogen and oxygen atoms in total. The monoisotopic (exact) mass is 394 g/mol. The second-order valence-corrected chi connectivity index (χ2v) is 7.02. The van der Waals surface area contributed by atoms with Crippen molar-refractivity contribution in [3.63, 3.8) is 0 Å². The van der Waals surface area contributed by atoms with E-state index in [9.17, 15) is 4.79 Å². The molecule has 0 unspecified atom stereocenters. The molecule has 0 saturated carbocycles. The van der Waals surface area contributed by atoms with Gasteiger partial charge >= 0.3 is 0 Å². The highest BCUT2D eigenvalue weighted by atomic mass is 32.2. The summed E-state index contributed by atoms with van der Waals surface area (Å²) in [7, 11) is 0. The van der Waals surface area contributed by atoms with Crippen molar-refractivity contribution in [3.05, 3.63) is 53.8 Å². The van der Waals surface area contributed by atoms with Crippen molar-refractivity contribution < 1.29 is 9.21 Å². The Labute approximate surface area is 165 Å². The van der Waals surface area contributed by atoms with Crippen LogP contribution in [0, 0.1) is 13.8 Å². The lowest BCUT2D eigenvalue weighted by atomic mass is 10.1. The van der Waals surface area contributed by atoms with Gasteiger partial charge in [-0.2, -0.15) is 4.98 Å². The molecule has 0 spiro atoms. The van der Waals surface area contributed by atoms with E-state index in [1.807, 2.05) is 44.4 Å². The molecule has 3 heterocycles. The Hall–Kier alpha value is -3.20. The van der Waals surface area contributed by atoms with Crippen LogP contribution in [0.5, 0.6) is 0 Å². The van der Waals surface area contributed by atoms with Gasteiger partial charge in [0, 0.05) is 28.2 Å². The standard InChI is InChI=1S/C19H18N6O2S/c1-11-15(12(2)25-18(21-11)23-19(24-25)28-3)8-17(26)22-14-6-4-5-13(7-14)16-9-20-10-27-16/h4-7,9-10H,8H2,1-3H3,(H,22,26). The van der Waals surface area contributed by atoms with Crippen LogP contribution < -0.4 is 5.32 Å². The molecule has 9 heteroatoms. The number of benzene rings is 1. The van der Waals surface area contributed by atoms with Gasteiger partial charge in [-0.15, -0.1) is 5.10 Å². The number of hydrogen-bond acceptors (Lipinski definition) is 7. The van der Waals surface area contributed by atoms with E-state index in [0.29, 0.717) is 22.4 Å². The van der Waals surface area contributed by atoms with Crippen LogP contribution in [-0.2, 0) is 11.2 Å². The van der Waals surface area contributed by atoms with Crippen LogP contribution in [0.2, 0.25) is 0 Å².